The lowest BCUT2D eigenvalue weighted by molar-refractivity contribution is -0.138. The number of Topliss-reactive ketones (excluding diaryl/α,β-unsaturated/α-hetero) is 1. The first-order valence-electron chi connectivity index (χ1n) is 15.5. The number of nitrogens with one attached hydrogen (secondary N) is 3. The fraction of sp³-hybridized carbons (Fsp3) is 0.625. The third-order valence-corrected chi connectivity index (χ3v) is 8.13. The first-order valence-corrected chi connectivity index (χ1v) is 15.5. The van der Waals surface area contributed by atoms with Crippen molar-refractivity contribution < 1.29 is 24.0 Å². The molecule has 44 heavy (non-hydrogen) atoms. The Morgan fingerprint density at radius 1 is 1.09 bits per heavy atom. The van der Waals surface area contributed by atoms with E-state index in [-0.39, 0.29) is 55.3 Å². The van der Waals surface area contributed by atoms with E-state index in [1.165, 1.54) is 0 Å². The zero-order chi connectivity index (χ0) is 33.0. The van der Waals surface area contributed by atoms with Crippen molar-refractivity contribution >= 4 is 35.4 Å². The molecule has 1 aliphatic rings. The highest BCUT2D eigenvalue weighted by molar-refractivity contribution is 5.97. The molecular formula is C32H51N7O5. The molecule has 1 fully saturated rings. The smallest absolute Gasteiger partial charge is 0.249 e. The monoisotopic (exact) mass is 613 g/mol. The molecule has 0 bridgehead atoms. The maximum Gasteiger partial charge on any atom is 0.249 e. The maximum absolute atomic E-state index is 13.8. The largest absolute Gasteiger partial charge is 0.370 e. The Labute approximate surface area is 261 Å². The van der Waals surface area contributed by atoms with Crippen LogP contribution in [0.2, 0.25) is 0 Å². The topological polar surface area (TPSA) is 189 Å². The number of nitrogens with zero attached hydrogens (tertiary/aromatic N) is 2. The SMILES string of the molecule is CC[C@@H]1NC(=O)[C@H](CCCN=C(N)N)CC(=O)[C@](C)(NC(=O)C(C)C)CCCCN(C)C(=O)[C@@H](c2ccc(C)cc2)NC1=O. The standard InChI is InChI=1S/C32H51N7O5/c1-7-24-29(43)37-26(22-14-12-21(4)13-15-22)30(44)39(6)18-9-8-16-32(5,38-27(41)20(2)3)25(40)19-23(28(42)36-24)11-10-17-35-31(33)34/h12-15,20,23-24,26H,7-11,16-19H2,1-6H3,(H,36,42)(H,37,43)(H,38,41)(H4,33,34,35)/t23-,24+,26-,32-/m1/s1. The summed E-state index contributed by atoms with van der Waals surface area (Å²) in [5.74, 6) is -3.00. The van der Waals surface area contributed by atoms with Crippen molar-refractivity contribution in [2.24, 2.45) is 28.3 Å². The molecule has 7 N–H and O–H groups in total. The lowest BCUT2D eigenvalue weighted by atomic mass is 9.83. The van der Waals surface area contributed by atoms with Gasteiger partial charge in [0.1, 0.15) is 12.1 Å². The van der Waals surface area contributed by atoms with E-state index in [0.29, 0.717) is 37.8 Å². The van der Waals surface area contributed by atoms with Crippen molar-refractivity contribution in [3.8, 4) is 0 Å². The molecule has 1 heterocycles. The lowest BCUT2D eigenvalue weighted by Gasteiger charge is -2.33. The summed E-state index contributed by atoms with van der Waals surface area (Å²) in [4.78, 5) is 73.0. The number of hydrogen-bond acceptors (Lipinski definition) is 6. The van der Waals surface area contributed by atoms with Crippen molar-refractivity contribution in [2.45, 2.75) is 97.2 Å². The van der Waals surface area contributed by atoms with Gasteiger partial charge in [0.15, 0.2) is 11.7 Å². The van der Waals surface area contributed by atoms with Crippen LogP contribution in [0.1, 0.15) is 89.8 Å². The highest BCUT2D eigenvalue weighted by Gasteiger charge is 2.38. The number of benzene rings is 1. The van der Waals surface area contributed by atoms with Gasteiger partial charge in [-0.05, 0) is 57.9 Å². The molecule has 2 rings (SSSR count). The zero-order valence-electron chi connectivity index (χ0n) is 27.1. The van der Waals surface area contributed by atoms with E-state index < -0.39 is 35.4 Å². The van der Waals surface area contributed by atoms with Gasteiger partial charge in [-0.2, -0.15) is 0 Å². The molecule has 4 amide bonds. The first kappa shape index (κ1) is 36.2. The minimum Gasteiger partial charge on any atom is -0.370 e. The van der Waals surface area contributed by atoms with Crippen LogP contribution in [-0.2, 0) is 24.0 Å². The van der Waals surface area contributed by atoms with Crippen LogP contribution in [0.15, 0.2) is 29.3 Å². The predicted molar refractivity (Wildman–Crippen MR) is 170 cm³/mol. The number of amides is 4. The molecule has 1 saturated heterocycles. The number of aliphatic imine (C=N–C) groups is 1. The van der Waals surface area contributed by atoms with Gasteiger partial charge in [-0.15, -0.1) is 0 Å². The predicted octanol–water partition coefficient (Wildman–Crippen LogP) is 1.85. The number of hydrogen-bond donors (Lipinski definition) is 5. The van der Waals surface area contributed by atoms with Gasteiger partial charge in [0.05, 0.1) is 5.54 Å². The average molecular weight is 614 g/mol. The minimum absolute atomic E-state index is 0.0708. The second kappa shape index (κ2) is 16.8. The molecule has 12 nitrogen and oxygen atoms in total. The number of ketones is 1. The molecule has 0 aliphatic carbocycles. The number of likely N-dealkylation sites (N-methyl/N-ethyl adjacent to an activating group) is 1. The molecule has 0 aromatic heterocycles. The molecule has 1 aromatic carbocycles. The number of carbonyl (C=O) groups excluding carboxylic acids is 5. The van der Waals surface area contributed by atoms with Crippen molar-refractivity contribution in [1.29, 1.82) is 0 Å². The van der Waals surface area contributed by atoms with Crippen molar-refractivity contribution in [3.05, 3.63) is 35.4 Å². The Morgan fingerprint density at radius 2 is 1.75 bits per heavy atom. The Bertz CT molecular complexity index is 1200. The molecule has 0 saturated carbocycles. The number of carbonyl (C=O) groups is 5. The van der Waals surface area contributed by atoms with Gasteiger partial charge in [0, 0.05) is 38.4 Å². The third-order valence-electron chi connectivity index (χ3n) is 8.13. The second-order valence-electron chi connectivity index (χ2n) is 12.3. The van der Waals surface area contributed by atoms with E-state index in [2.05, 4.69) is 20.9 Å². The van der Waals surface area contributed by atoms with Crippen LogP contribution in [0, 0.1) is 18.8 Å². The van der Waals surface area contributed by atoms with Gasteiger partial charge >= 0.3 is 0 Å². The Balaban J connectivity index is 2.48. The maximum atomic E-state index is 13.8. The summed E-state index contributed by atoms with van der Waals surface area (Å²) in [5, 5.41) is 8.60. The lowest BCUT2D eigenvalue weighted by Crippen LogP contribution is -2.55. The Kier molecular flexibility index (Phi) is 13.8. The van der Waals surface area contributed by atoms with Crippen LogP contribution in [-0.4, -0.2) is 72.0 Å². The molecular weight excluding hydrogens is 562 g/mol. The van der Waals surface area contributed by atoms with E-state index in [9.17, 15) is 24.0 Å². The Hall–Kier alpha value is -3.96. The highest BCUT2D eigenvalue weighted by atomic mass is 16.2. The normalized spacial score (nSPS) is 24.4. The van der Waals surface area contributed by atoms with Gasteiger partial charge in [-0.1, -0.05) is 50.6 Å². The van der Waals surface area contributed by atoms with Crippen LogP contribution in [0.5, 0.6) is 0 Å². The summed E-state index contributed by atoms with van der Waals surface area (Å²) in [7, 11) is 1.68. The molecule has 1 aromatic rings. The van der Waals surface area contributed by atoms with Crippen molar-refractivity contribution in [1.82, 2.24) is 20.9 Å². The Morgan fingerprint density at radius 3 is 2.34 bits per heavy atom. The fourth-order valence-corrected chi connectivity index (χ4v) is 5.10. The fourth-order valence-electron chi connectivity index (χ4n) is 5.10. The van der Waals surface area contributed by atoms with Crippen molar-refractivity contribution in [3.63, 3.8) is 0 Å². The summed E-state index contributed by atoms with van der Waals surface area (Å²) < 4.78 is 0. The molecule has 0 spiro atoms. The molecule has 244 valence electrons. The van der Waals surface area contributed by atoms with Crippen LogP contribution < -0.4 is 27.4 Å². The number of rotatable bonds is 8. The molecule has 12 heteroatoms. The van der Waals surface area contributed by atoms with Crippen LogP contribution >= 0.6 is 0 Å². The second-order valence-corrected chi connectivity index (χ2v) is 12.3. The zero-order valence-corrected chi connectivity index (χ0v) is 27.1. The summed E-state index contributed by atoms with van der Waals surface area (Å²) in [6.45, 7) is 9.55. The van der Waals surface area contributed by atoms with Gasteiger partial charge < -0.3 is 32.3 Å². The summed E-state index contributed by atoms with van der Waals surface area (Å²) in [6.07, 6.45) is 2.29. The summed E-state index contributed by atoms with van der Waals surface area (Å²) in [5.41, 5.74) is 11.3. The van der Waals surface area contributed by atoms with Crippen molar-refractivity contribution in [2.75, 3.05) is 20.1 Å². The average Bonchev–Trinajstić information content (AvgIpc) is 2.97. The van der Waals surface area contributed by atoms with Gasteiger partial charge in [0.25, 0.3) is 0 Å². The van der Waals surface area contributed by atoms with E-state index in [1.807, 2.05) is 31.2 Å². The quantitative estimate of drug-likeness (QED) is 0.168. The summed E-state index contributed by atoms with van der Waals surface area (Å²) >= 11 is 0. The number of guanidine groups is 1. The van der Waals surface area contributed by atoms with Gasteiger partial charge in [0.2, 0.25) is 23.6 Å². The molecule has 0 radical (unpaired) electrons. The number of aryl methyl sites for hydroxylation is 1. The van der Waals surface area contributed by atoms with Crippen LogP contribution in [0.3, 0.4) is 0 Å². The van der Waals surface area contributed by atoms with Crippen LogP contribution in [0.4, 0.5) is 0 Å². The van der Waals surface area contributed by atoms with Gasteiger partial charge in [-0.3, -0.25) is 29.0 Å². The summed E-state index contributed by atoms with van der Waals surface area (Å²) in [6, 6.07) is 5.49. The van der Waals surface area contributed by atoms with Crippen LogP contribution in [0.25, 0.3) is 0 Å². The molecule has 1 aliphatic heterocycles. The van der Waals surface area contributed by atoms with Gasteiger partial charge in [-0.25, -0.2) is 0 Å². The first-order chi connectivity index (χ1) is 20.7. The highest BCUT2D eigenvalue weighted by Crippen LogP contribution is 2.24. The van der Waals surface area contributed by atoms with E-state index in [4.69, 9.17) is 11.5 Å². The molecule has 0 unspecified atom stereocenters. The third kappa shape index (κ3) is 10.6. The minimum atomic E-state index is -1.22. The van der Waals surface area contributed by atoms with E-state index in [1.54, 1.807) is 39.6 Å². The van der Waals surface area contributed by atoms with E-state index in [0.717, 1.165) is 5.56 Å². The van der Waals surface area contributed by atoms with E-state index >= 15 is 0 Å². The number of nitrogens with two attached hydrogens (primary N) is 2. The molecule has 4 atom stereocenters.